The fraction of sp³-hybridized carbons (Fsp3) is 1.00. The van der Waals surface area contributed by atoms with E-state index < -0.39 is 0 Å². The highest BCUT2D eigenvalue weighted by molar-refractivity contribution is 14.1. The van der Waals surface area contributed by atoms with E-state index in [4.69, 9.17) is 4.74 Å². The third kappa shape index (κ3) is 26.5. The van der Waals surface area contributed by atoms with Gasteiger partial charge in [0.25, 0.3) is 0 Å². The first-order valence-corrected chi connectivity index (χ1v) is 9.60. The van der Waals surface area contributed by atoms with Crippen molar-refractivity contribution in [1.82, 2.24) is 0 Å². The Kier molecular flexibility index (Phi) is 48.2. The molecule has 0 fully saturated rings. The molecule has 0 saturated heterocycles. The van der Waals surface area contributed by atoms with Gasteiger partial charge in [0.05, 0.1) is 7.74 Å². The molecule has 4 heteroatoms. The molecule has 1 unspecified atom stereocenters. The van der Waals surface area contributed by atoms with Crippen molar-refractivity contribution < 1.29 is 4.74 Å². The lowest BCUT2D eigenvalue weighted by molar-refractivity contribution is 0.162. The maximum absolute atomic E-state index is 4.83. The van der Waals surface area contributed by atoms with Crippen molar-refractivity contribution in [3.8, 4) is 0 Å². The van der Waals surface area contributed by atoms with E-state index in [2.05, 4.69) is 21.8 Å². The summed E-state index contributed by atoms with van der Waals surface area (Å²) in [5, 5.41) is 0. The van der Waals surface area contributed by atoms with Crippen molar-refractivity contribution in [3.05, 3.63) is 0 Å². The molecule has 0 aromatic heterocycles. The molecule has 0 amide bonds. The number of hydrogen-bond acceptors (Lipinski definition) is 1. The predicted octanol–water partition coefficient (Wildman–Crippen LogP) is 0.803. The van der Waals surface area contributed by atoms with Gasteiger partial charge >= 0.3 is 0 Å². The zero-order valence-electron chi connectivity index (χ0n) is 5.91. The Bertz CT molecular complexity index is 23.5. The van der Waals surface area contributed by atoms with Crippen LogP contribution in [0.3, 0.4) is 0 Å². The molecule has 0 heterocycles. The minimum Gasteiger partial charge on any atom is -0.382 e. The van der Waals surface area contributed by atoms with E-state index in [1.54, 1.807) is 0 Å². The highest BCUT2D eigenvalue weighted by atomic mass is 127. The molecule has 8 heavy (non-hydrogen) atoms. The molecule has 0 radical (unpaired) electrons. The summed E-state index contributed by atoms with van der Waals surface area (Å²) in [6.07, 6.45) is 0. The average Bonchev–Trinajstić information content (AvgIpc) is 1.75. The van der Waals surface area contributed by atoms with Gasteiger partial charge in [0.15, 0.2) is 0 Å². The van der Waals surface area contributed by atoms with Gasteiger partial charge in [-0.2, -0.15) is 9.90 Å². The molecule has 0 aliphatic heterocycles. The predicted molar refractivity (Wildman–Crippen MR) is 57.2 cm³/mol. The summed E-state index contributed by atoms with van der Waals surface area (Å²) in [5.74, 6) is 0. The Morgan fingerprint density at radius 3 is 1.50 bits per heavy atom. The standard InChI is InChI=1S/C4H10O.H3ISi.H3P/c1-3-5-4-2;1-2;/h3-4H2,1-2H3;2H3;1H3. The van der Waals surface area contributed by atoms with Gasteiger partial charge in [-0.3, -0.25) is 0 Å². The second-order valence-corrected chi connectivity index (χ2v) is 0.781. The number of ether oxygens (including phenoxy) is 1. The van der Waals surface area contributed by atoms with Gasteiger partial charge in [-0.1, -0.05) is 0 Å². The first-order valence-electron chi connectivity index (χ1n) is 2.37. The van der Waals surface area contributed by atoms with E-state index in [9.17, 15) is 0 Å². The molecule has 0 saturated carbocycles. The largest absolute Gasteiger partial charge is 0.382 e. The zero-order valence-corrected chi connectivity index (χ0v) is 11.5. The van der Waals surface area contributed by atoms with Crippen molar-refractivity contribution in [2.24, 2.45) is 0 Å². The van der Waals surface area contributed by atoms with Crippen LogP contribution in [0, 0.1) is 0 Å². The summed E-state index contributed by atoms with van der Waals surface area (Å²) in [7, 11) is 1.28. The van der Waals surface area contributed by atoms with Crippen LogP contribution in [0.25, 0.3) is 0 Å². The molecule has 0 N–H and O–H groups in total. The van der Waals surface area contributed by atoms with Crippen LogP contribution in [0.2, 0.25) is 0 Å². The minimum atomic E-state index is 0. The summed E-state index contributed by atoms with van der Waals surface area (Å²) in [6.45, 7) is 5.67. The normalized spacial score (nSPS) is 6.38. The van der Waals surface area contributed by atoms with Gasteiger partial charge in [-0.05, 0) is 13.8 Å². The maximum Gasteiger partial charge on any atom is 0.0778 e. The molecular formula is C4H16IOPSi. The third-order valence-electron chi connectivity index (χ3n) is 0.408. The Balaban J connectivity index is -0.0000000750. The molecule has 1 nitrogen and oxygen atoms in total. The van der Waals surface area contributed by atoms with E-state index in [1.807, 2.05) is 13.8 Å². The first kappa shape index (κ1) is 16.2. The molecular weight excluding hydrogens is 250 g/mol. The molecule has 1 atom stereocenters. The maximum atomic E-state index is 4.83. The smallest absolute Gasteiger partial charge is 0.0778 e. The Morgan fingerprint density at radius 1 is 1.25 bits per heavy atom. The van der Waals surface area contributed by atoms with Crippen molar-refractivity contribution >= 4 is 39.4 Å². The van der Waals surface area contributed by atoms with Gasteiger partial charge in [0.1, 0.15) is 0 Å². The molecule has 0 aromatic carbocycles. The summed E-state index contributed by atoms with van der Waals surface area (Å²) in [5.41, 5.74) is 0. The Labute approximate surface area is 71.2 Å². The highest BCUT2D eigenvalue weighted by Gasteiger charge is 1.64. The van der Waals surface area contributed by atoms with Crippen molar-refractivity contribution in [2.75, 3.05) is 13.2 Å². The molecule has 0 spiro atoms. The summed E-state index contributed by atoms with van der Waals surface area (Å²) in [6, 6.07) is 0. The number of halogens is 1. The van der Waals surface area contributed by atoms with Gasteiger partial charge in [0.2, 0.25) is 0 Å². The quantitative estimate of drug-likeness (QED) is 0.311. The van der Waals surface area contributed by atoms with Crippen LogP contribution in [-0.4, -0.2) is 21.0 Å². The third-order valence-corrected chi connectivity index (χ3v) is 0.408. The molecule has 0 bridgehead atoms. The van der Waals surface area contributed by atoms with Crippen LogP contribution in [0.5, 0.6) is 0 Å². The number of rotatable bonds is 2. The van der Waals surface area contributed by atoms with Crippen molar-refractivity contribution in [3.63, 3.8) is 0 Å². The Hall–Kier alpha value is 1.34. The summed E-state index contributed by atoms with van der Waals surface area (Å²) in [4.78, 5) is 0. The molecule has 0 aliphatic carbocycles. The van der Waals surface area contributed by atoms with Crippen LogP contribution >= 0.6 is 31.7 Å². The van der Waals surface area contributed by atoms with Crippen LogP contribution in [0.15, 0.2) is 0 Å². The summed E-state index contributed by atoms with van der Waals surface area (Å²) < 4.78 is 4.83. The zero-order chi connectivity index (χ0) is 6.12. The van der Waals surface area contributed by atoms with Crippen molar-refractivity contribution in [1.29, 1.82) is 0 Å². The fourth-order valence-electron chi connectivity index (χ4n) is 0.204. The molecule has 54 valence electrons. The first-order chi connectivity index (χ1) is 3.41. The summed E-state index contributed by atoms with van der Waals surface area (Å²) >= 11 is 2.29. The highest BCUT2D eigenvalue weighted by Crippen LogP contribution is 1.64. The number of hydrogen-bond donors (Lipinski definition) is 0. The van der Waals surface area contributed by atoms with Crippen LogP contribution in [0.1, 0.15) is 13.8 Å². The van der Waals surface area contributed by atoms with Crippen LogP contribution in [0.4, 0.5) is 0 Å². The van der Waals surface area contributed by atoms with Gasteiger partial charge < -0.3 is 4.74 Å². The monoisotopic (exact) mass is 266 g/mol. The molecule has 0 rings (SSSR count). The SMILES string of the molecule is CCOCC.P.[SiH3]I. The average molecular weight is 266 g/mol. The lowest BCUT2D eigenvalue weighted by Gasteiger charge is -1.86. The lowest BCUT2D eigenvalue weighted by Crippen LogP contribution is -1.84. The van der Waals surface area contributed by atoms with Crippen molar-refractivity contribution in [2.45, 2.75) is 13.8 Å². The minimum absolute atomic E-state index is 0. The van der Waals surface area contributed by atoms with E-state index in [0.29, 0.717) is 0 Å². The van der Waals surface area contributed by atoms with E-state index in [-0.39, 0.29) is 9.90 Å². The van der Waals surface area contributed by atoms with Crippen LogP contribution in [-0.2, 0) is 4.74 Å². The second-order valence-electron chi connectivity index (χ2n) is 0.781. The second kappa shape index (κ2) is 23.9. The Morgan fingerprint density at radius 2 is 1.50 bits per heavy atom. The van der Waals surface area contributed by atoms with E-state index in [1.165, 1.54) is 7.74 Å². The van der Waals surface area contributed by atoms with Crippen LogP contribution < -0.4 is 0 Å². The fourth-order valence-corrected chi connectivity index (χ4v) is 0.204. The molecule has 0 aliphatic rings. The lowest BCUT2D eigenvalue weighted by atomic mass is 10.8. The van der Waals surface area contributed by atoms with Gasteiger partial charge in [-0.15, -0.1) is 21.8 Å². The van der Waals surface area contributed by atoms with Gasteiger partial charge in [0, 0.05) is 13.2 Å². The van der Waals surface area contributed by atoms with E-state index >= 15 is 0 Å². The van der Waals surface area contributed by atoms with E-state index in [0.717, 1.165) is 13.2 Å². The molecule has 0 aromatic rings. The topological polar surface area (TPSA) is 9.23 Å². The van der Waals surface area contributed by atoms with Gasteiger partial charge in [-0.25, -0.2) is 0 Å².